The van der Waals surface area contributed by atoms with Crippen molar-refractivity contribution in [1.29, 1.82) is 0 Å². The lowest BCUT2D eigenvalue weighted by Crippen LogP contribution is -2.43. The molecule has 0 aromatic heterocycles. The standard InChI is InChI=1S/C8H16N2O4.C2H6.2H2/c1-5(2)13-7(11)9-10-8(12)14-6(3)4;1-2;;/h5-6H,1-4H3,(H,9,11)(H,10,12);1-2H3;2*1H. The predicted molar refractivity (Wildman–Crippen MR) is 65.1 cm³/mol. The number of nitrogens with one attached hydrogen (secondary N) is 2. The second kappa shape index (κ2) is 10.1. The van der Waals surface area contributed by atoms with E-state index in [1.165, 1.54) is 0 Å². The van der Waals surface area contributed by atoms with Crippen LogP contribution >= 0.6 is 0 Å². The van der Waals surface area contributed by atoms with Crippen LogP contribution in [0.5, 0.6) is 0 Å². The number of carbonyl (C=O) groups is 2. The first-order valence-corrected chi connectivity index (χ1v) is 5.35. The molecule has 0 saturated carbocycles. The number of hydrazine groups is 1. The van der Waals surface area contributed by atoms with Gasteiger partial charge in [0.1, 0.15) is 0 Å². The minimum atomic E-state index is -0.722. The van der Waals surface area contributed by atoms with E-state index in [-0.39, 0.29) is 15.1 Å². The molecule has 6 nitrogen and oxygen atoms in total. The van der Waals surface area contributed by atoms with E-state index in [0.29, 0.717) is 0 Å². The van der Waals surface area contributed by atoms with Crippen molar-refractivity contribution in [2.75, 3.05) is 0 Å². The summed E-state index contributed by atoms with van der Waals surface area (Å²) in [6, 6.07) is 0. The van der Waals surface area contributed by atoms with Crippen molar-refractivity contribution in [3.05, 3.63) is 0 Å². The molecule has 0 aliphatic carbocycles. The molecule has 0 atom stereocenters. The van der Waals surface area contributed by atoms with Gasteiger partial charge in [-0.3, -0.25) is 0 Å². The molecule has 0 fully saturated rings. The van der Waals surface area contributed by atoms with Gasteiger partial charge < -0.3 is 9.47 Å². The van der Waals surface area contributed by atoms with E-state index < -0.39 is 12.2 Å². The molecular weight excluding hydrogens is 212 g/mol. The van der Waals surface area contributed by atoms with Crippen LogP contribution in [0.15, 0.2) is 0 Å². The summed E-state index contributed by atoms with van der Waals surface area (Å²) in [4.78, 5) is 21.7. The van der Waals surface area contributed by atoms with Crippen molar-refractivity contribution in [1.82, 2.24) is 10.9 Å². The molecule has 16 heavy (non-hydrogen) atoms. The normalized spacial score (nSPS) is 9.00. The molecule has 0 bridgehead atoms. The van der Waals surface area contributed by atoms with E-state index >= 15 is 0 Å². The van der Waals surface area contributed by atoms with E-state index in [1.54, 1.807) is 27.7 Å². The van der Waals surface area contributed by atoms with Gasteiger partial charge in [0, 0.05) is 2.85 Å². The molecule has 2 amide bonds. The van der Waals surface area contributed by atoms with Crippen LogP contribution in [0, 0.1) is 0 Å². The van der Waals surface area contributed by atoms with E-state index in [4.69, 9.17) is 0 Å². The lowest BCUT2D eigenvalue weighted by molar-refractivity contribution is 0.0948. The number of ether oxygens (including phenoxy) is 2. The van der Waals surface area contributed by atoms with E-state index in [1.807, 2.05) is 24.7 Å². The Balaban J connectivity index is -0.000000232. The Labute approximate surface area is 99.6 Å². The summed E-state index contributed by atoms with van der Waals surface area (Å²) in [5.74, 6) is 0. The molecule has 0 saturated heterocycles. The minimum absolute atomic E-state index is 0. The summed E-state index contributed by atoms with van der Waals surface area (Å²) >= 11 is 0. The smallest absolute Gasteiger partial charge is 0.426 e. The van der Waals surface area contributed by atoms with Crippen molar-refractivity contribution in [2.45, 2.75) is 53.8 Å². The third-order valence-corrected chi connectivity index (χ3v) is 0.952. The molecule has 0 rings (SSSR count). The Bertz CT molecular complexity index is 192. The first kappa shape index (κ1) is 17.0. The van der Waals surface area contributed by atoms with Gasteiger partial charge in [-0.1, -0.05) is 13.8 Å². The van der Waals surface area contributed by atoms with Gasteiger partial charge in [0.2, 0.25) is 0 Å². The average molecular weight is 238 g/mol. The molecule has 2 N–H and O–H groups in total. The zero-order chi connectivity index (χ0) is 13.1. The molecular formula is C10H26N2O4. The lowest BCUT2D eigenvalue weighted by Gasteiger charge is -2.11. The molecule has 0 unspecified atom stereocenters. The van der Waals surface area contributed by atoms with Crippen LogP contribution in [-0.2, 0) is 9.47 Å². The summed E-state index contributed by atoms with van der Waals surface area (Å²) in [5, 5.41) is 0. The van der Waals surface area contributed by atoms with Crippen LogP contribution in [0.3, 0.4) is 0 Å². The first-order valence-electron chi connectivity index (χ1n) is 5.35. The molecule has 0 aromatic carbocycles. The Kier molecular flexibility index (Phi) is 10.7. The Morgan fingerprint density at radius 1 is 0.875 bits per heavy atom. The molecule has 0 aliphatic rings. The second-order valence-corrected chi connectivity index (χ2v) is 3.16. The maximum absolute atomic E-state index is 10.8. The molecule has 0 aromatic rings. The highest BCUT2D eigenvalue weighted by atomic mass is 16.6. The average Bonchev–Trinajstić information content (AvgIpc) is 2.16. The van der Waals surface area contributed by atoms with Gasteiger partial charge in [0.15, 0.2) is 0 Å². The fraction of sp³-hybridized carbons (Fsp3) is 0.800. The topological polar surface area (TPSA) is 76.7 Å². The second-order valence-electron chi connectivity index (χ2n) is 3.16. The lowest BCUT2D eigenvalue weighted by atomic mass is 10.5. The van der Waals surface area contributed by atoms with Crippen LogP contribution in [0.4, 0.5) is 9.59 Å². The largest absolute Gasteiger partial charge is 0.446 e. The quantitative estimate of drug-likeness (QED) is 0.725. The number of rotatable bonds is 2. The van der Waals surface area contributed by atoms with Crippen LogP contribution < -0.4 is 10.9 Å². The first-order chi connectivity index (χ1) is 7.41. The zero-order valence-electron chi connectivity index (χ0n) is 10.8. The zero-order valence-corrected chi connectivity index (χ0v) is 10.8. The molecule has 100 valence electrons. The van der Waals surface area contributed by atoms with Crippen LogP contribution in [0.25, 0.3) is 0 Å². The monoisotopic (exact) mass is 238 g/mol. The predicted octanol–water partition coefficient (Wildman–Crippen LogP) is 2.69. The Morgan fingerprint density at radius 2 is 1.12 bits per heavy atom. The van der Waals surface area contributed by atoms with Crippen molar-refractivity contribution in [3.63, 3.8) is 0 Å². The van der Waals surface area contributed by atoms with E-state index in [0.717, 1.165) is 0 Å². The Hall–Kier alpha value is -1.46. The third-order valence-electron chi connectivity index (χ3n) is 0.952. The SMILES string of the molecule is CC.CC(C)OC(=O)NNC(=O)OC(C)C.[HH].[HH]. The van der Waals surface area contributed by atoms with Gasteiger partial charge in [0.05, 0.1) is 12.2 Å². The van der Waals surface area contributed by atoms with Crippen molar-refractivity contribution < 1.29 is 21.9 Å². The van der Waals surface area contributed by atoms with Crippen molar-refractivity contribution >= 4 is 12.2 Å². The summed E-state index contributed by atoms with van der Waals surface area (Å²) in [6.07, 6.45) is -1.92. The van der Waals surface area contributed by atoms with Crippen LogP contribution in [0.1, 0.15) is 44.4 Å². The summed E-state index contributed by atoms with van der Waals surface area (Å²) in [6.45, 7) is 10.8. The number of amides is 2. The highest BCUT2D eigenvalue weighted by Gasteiger charge is 2.08. The molecule has 0 aliphatic heterocycles. The summed E-state index contributed by atoms with van der Waals surface area (Å²) in [5.41, 5.74) is 4.07. The molecule has 0 radical (unpaired) electrons. The maximum atomic E-state index is 10.8. The maximum Gasteiger partial charge on any atom is 0.426 e. The van der Waals surface area contributed by atoms with Gasteiger partial charge in [-0.15, -0.1) is 0 Å². The fourth-order valence-electron chi connectivity index (χ4n) is 0.589. The Morgan fingerprint density at radius 3 is 1.31 bits per heavy atom. The number of carbonyl (C=O) groups excluding carboxylic acids is 2. The van der Waals surface area contributed by atoms with Crippen LogP contribution in [0.2, 0.25) is 0 Å². The van der Waals surface area contributed by atoms with Gasteiger partial charge in [-0.05, 0) is 27.7 Å². The van der Waals surface area contributed by atoms with Gasteiger partial charge >= 0.3 is 12.2 Å². The van der Waals surface area contributed by atoms with Crippen molar-refractivity contribution in [2.24, 2.45) is 0 Å². The van der Waals surface area contributed by atoms with Gasteiger partial charge in [-0.2, -0.15) is 0 Å². The highest BCUT2D eigenvalue weighted by molar-refractivity contribution is 5.73. The summed E-state index contributed by atoms with van der Waals surface area (Å²) < 4.78 is 9.37. The number of hydrogen-bond donors (Lipinski definition) is 2. The molecule has 0 spiro atoms. The fourth-order valence-corrected chi connectivity index (χ4v) is 0.589. The molecule has 0 heterocycles. The van der Waals surface area contributed by atoms with E-state index in [2.05, 4.69) is 9.47 Å². The number of hydrogen-bond acceptors (Lipinski definition) is 4. The van der Waals surface area contributed by atoms with Gasteiger partial charge in [-0.25, -0.2) is 20.4 Å². The van der Waals surface area contributed by atoms with Crippen molar-refractivity contribution in [3.8, 4) is 0 Å². The van der Waals surface area contributed by atoms with E-state index in [9.17, 15) is 9.59 Å². The van der Waals surface area contributed by atoms with Crippen LogP contribution in [-0.4, -0.2) is 24.4 Å². The highest BCUT2D eigenvalue weighted by Crippen LogP contribution is 1.88. The minimum Gasteiger partial charge on any atom is -0.446 e. The third kappa shape index (κ3) is 12.5. The summed E-state index contributed by atoms with van der Waals surface area (Å²) in [7, 11) is 0. The molecule has 6 heteroatoms. The van der Waals surface area contributed by atoms with Gasteiger partial charge in [0.25, 0.3) is 0 Å².